The summed E-state index contributed by atoms with van der Waals surface area (Å²) >= 11 is 5.96. The van der Waals surface area contributed by atoms with Crippen molar-refractivity contribution in [1.82, 2.24) is 10.0 Å². The predicted molar refractivity (Wildman–Crippen MR) is 79.1 cm³/mol. The first-order valence-corrected chi connectivity index (χ1v) is 8.55. The molecule has 0 spiro atoms. The number of aliphatic hydroxyl groups excluding tert-OH is 1. The van der Waals surface area contributed by atoms with Crippen molar-refractivity contribution in [2.75, 3.05) is 25.6 Å². The van der Waals surface area contributed by atoms with Crippen LogP contribution >= 0.6 is 11.6 Å². The van der Waals surface area contributed by atoms with Crippen LogP contribution in [0, 0.1) is 0 Å². The molecule has 2 atom stereocenters. The van der Waals surface area contributed by atoms with E-state index in [1.807, 2.05) is 42.3 Å². The van der Waals surface area contributed by atoms with Crippen LogP contribution in [0.4, 0.5) is 0 Å². The molecule has 5 nitrogen and oxygen atoms in total. The molecule has 0 amide bonds. The molecule has 1 aliphatic heterocycles. The summed E-state index contributed by atoms with van der Waals surface area (Å²) in [5, 5.41) is 14.3. The minimum atomic E-state index is -3.17. The number of nitrogens with zero attached hydrogens (tertiary/aromatic N) is 2. The van der Waals surface area contributed by atoms with Gasteiger partial charge in [-0.2, -0.15) is 0 Å². The molecule has 0 bridgehead atoms. The molecule has 0 saturated carbocycles. The highest BCUT2D eigenvalue weighted by molar-refractivity contribution is 7.91. The molecule has 1 aromatic rings. The highest BCUT2D eigenvalue weighted by atomic mass is 35.5. The van der Waals surface area contributed by atoms with Gasteiger partial charge >= 0.3 is 0 Å². The summed E-state index contributed by atoms with van der Waals surface area (Å²) in [7, 11) is 0.503. The van der Waals surface area contributed by atoms with E-state index in [-0.39, 0.29) is 11.5 Å². The maximum Gasteiger partial charge on any atom is 0.154 e. The number of benzene rings is 1. The molecule has 1 aromatic carbocycles. The van der Waals surface area contributed by atoms with Gasteiger partial charge in [0.15, 0.2) is 9.84 Å². The van der Waals surface area contributed by atoms with Gasteiger partial charge < -0.3 is 5.11 Å². The highest BCUT2D eigenvalue weighted by Gasteiger charge is 2.40. The molecule has 112 valence electrons. The third-order valence-corrected chi connectivity index (χ3v) is 5.36. The average Bonchev–Trinajstić information content (AvgIpc) is 2.59. The van der Waals surface area contributed by atoms with E-state index >= 15 is 0 Å². The van der Waals surface area contributed by atoms with Crippen molar-refractivity contribution >= 4 is 21.4 Å². The van der Waals surface area contributed by atoms with Crippen LogP contribution in [-0.4, -0.2) is 61.3 Å². The maximum atomic E-state index is 11.7. The normalized spacial score (nSPS) is 25.5. The zero-order valence-corrected chi connectivity index (χ0v) is 13.1. The van der Waals surface area contributed by atoms with E-state index < -0.39 is 22.0 Å². The minimum Gasteiger partial charge on any atom is -0.390 e. The van der Waals surface area contributed by atoms with Crippen LogP contribution in [0.25, 0.3) is 0 Å². The lowest BCUT2D eigenvalue weighted by Crippen LogP contribution is -2.49. The lowest BCUT2D eigenvalue weighted by Gasteiger charge is -2.35. The van der Waals surface area contributed by atoms with E-state index in [1.165, 1.54) is 0 Å². The van der Waals surface area contributed by atoms with Gasteiger partial charge in [0.05, 0.1) is 23.7 Å². The molecule has 7 heteroatoms. The van der Waals surface area contributed by atoms with Crippen molar-refractivity contribution in [2.24, 2.45) is 0 Å². The Bertz CT molecular complexity index is 577. The Morgan fingerprint density at radius 2 is 2.05 bits per heavy atom. The Balaban J connectivity index is 2.20. The summed E-state index contributed by atoms with van der Waals surface area (Å²) in [6.45, 7) is 0.505. The van der Waals surface area contributed by atoms with Crippen LogP contribution in [0.3, 0.4) is 0 Å². The molecular formula is C13H19ClN2O3S. The van der Waals surface area contributed by atoms with Crippen molar-refractivity contribution in [2.45, 2.75) is 18.7 Å². The Labute approximate surface area is 124 Å². The second-order valence-electron chi connectivity index (χ2n) is 5.29. The monoisotopic (exact) mass is 318 g/mol. The SMILES string of the molecule is CN(C)N(Cc1cccc(Cl)c1)[C@@H]1CS(=O)(=O)C[C@@H]1O. The Morgan fingerprint density at radius 3 is 2.55 bits per heavy atom. The number of aliphatic hydroxyl groups is 1. The van der Waals surface area contributed by atoms with Crippen molar-refractivity contribution < 1.29 is 13.5 Å². The van der Waals surface area contributed by atoms with Gasteiger partial charge in [-0.25, -0.2) is 18.4 Å². The van der Waals surface area contributed by atoms with E-state index in [9.17, 15) is 13.5 Å². The second kappa shape index (κ2) is 5.99. The number of hydrazine groups is 1. The fourth-order valence-electron chi connectivity index (χ4n) is 2.47. The Morgan fingerprint density at radius 1 is 1.35 bits per heavy atom. The second-order valence-corrected chi connectivity index (χ2v) is 7.88. The largest absolute Gasteiger partial charge is 0.390 e. The first-order chi connectivity index (χ1) is 9.28. The molecule has 0 radical (unpaired) electrons. The van der Waals surface area contributed by atoms with Crippen molar-refractivity contribution in [3.8, 4) is 0 Å². The molecule has 20 heavy (non-hydrogen) atoms. The summed E-state index contributed by atoms with van der Waals surface area (Å²) in [6.07, 6.45) is -0.860. The van der Waals surface area contributed by atoms with Gasteiger partial charge in [-0.05, 0) is 17.7 Å². The first kappa shape index (κ1) is 15.7. The van der Waals surface area contributed by atoms with Gasteiger partial charge in [-0.15, -0.1) is 0 Å². The van der Waals surface area contributed by atoms with Gasteiger partial charge in [0, 0.05) is 25.7 Å². The lowest BCUT2D eigenvalue weighted by atomic mass is 10.1. The van der Waals surface area contributed by atoms with E-state index in [4.69, 9.17) is 11.6 Å². The van der Waals surface area contributed by atoms with E-state index in [0.29, 0.717) is 11.6 Å². The molecule has 1 aliphatic rings. The van der Waals surface area contributed by atoms with Crippen molar-refractivity contribution in [3.63, 3.8) is 0 Å². The predicted octanol–water partition coefficient (Wildman–Crippen LogP) is 0.776. The van der Waals surface area contributed by atoms with Crippen LogP contribution < -0.4 is 0 Å². The quantitative estimate of drug-likeness (QED) is 0.831. The summed E-state index contributed by atoms with van der Waals surface area (Å²) in [5.41, 5.74) is 0.975. The number of halogens is 1. The summed E-state index contributed by atoms with van der Waals surface area (Å²) < 4.78 is 23.3. The van der Waals surface area contributed by atoms with Crippen LogP contribution in [0.5, 0.6) is 0 Å². The highest BCUT2D eigenvalue weighted by Crippen LogP contribution is 2.22. The molecule has 2 rings (SSSR count). The maximum absolute atomic E-state index is 11.7. The third kappa shape index (κ3) is 3.71. The minimum absolute atomic E-state index is 0.0209. The van der Waals surface area contributed by atoms with Crippen molar-refractivity contribution in [1.29, 1.82) is 0 Å². The topological polar surface area (TPSA) is 60.9 Å². The standard InChI is InChI=1S/C13H19ClN2O3S/c1-15(2)16(7-10-4-3-5-11(14)6-10)12-8-20(18,19)9-13(12)17/h3-6,12-13,17H,7-9H2,1-2H3/t12-,13+/m1/s1. The molecule has 0 unspecified atom stereocenters. The summed E-state index contributed by atoms with van der Waals surface area (Å²) in [4.78, 5) is 0. The summed E-state index contributed by atoms with van der Waals surface area (Å²) in [5.74, 6) is -0.190. The smallest absolute Gasteiger partial charge is 0.154 e. The number of rotatable bonds is 4. The molecule has 1 N–H and O–H groups in total. The lowest BCUT2D eigenvalue weighted by molar-refractivity contribution is -0.0558. The zero-order chi connectivity index (χ0) is 14.9. The van der Waals surface area contributed by atoms with Gasteiger partial charge in [0.25, 0.3) is 0 Å². The van der Waals surface area contributed by atoms with Gasteiger partial charge in [0.1, 0.15) is 0 Å². The van der Waals surface area contributed by atoms with Gasteiger partial charge in [0.2, 0.25) is 0 Å². The van der Waals surface area contributed by atoms with Crippen LogP contribution in [-0.2, 0) is 16.4 Å². The number of sulfone groups is 1. The van der Waals surface area contributed by atoms with Crippen molar-refractivity contribution in [3.05, 3.63) is 34.9 Å². The number of hydrogen-bond acceptors (Lipinski definition) is 5. The van der Waals surface area contributed by atoms with E-state index in [1.54, 1.807) is 6.07 Å². The van der Waals surface area contributed by atoms with Crippen LogP contribution in [0.15, 0.2) is 24.3 Å². The average molecular weight is 319 g/mol. The molecule has 1 heterocycles. The molecule has 0 aromatic heterocycles. The summed E-state index contributed by atoms with van der Waals surface area (Å²) in [6, 6.07) is 6.99. The fraction of sp³-hybridized carbons (Fsp3) is 0.538. The van der Waals surface area contributed by atoms with E-state index in [0.717, 1.165) is 5.56 Å². The molecule has 1 fully saturated rings. The Kier molecular flexibility index (Phi) is 4.71. The molecule has 1 saturated heterocycles. The fourth-order valence-corrected chi connectivity index (χ4v) is 4.48. The first-order valence-electron chi connectivity index (χ1n) is 6.35. The molecule has 0 aliphatic carbocycles. The third-order valence-electron chi connectivity index (χ3n) is 3.42. The number of hydrogen-bond donors (Lipinski definition) is 1. The van der Waals surface area contributed by atoms with Gasteiger partial charge in [-0.1, -0.05) is 23.7 Å². The molecular weight excluding hydrogens is 300 g/mol. The zero-order valence-electron chi connectivity index (χ0n) is 11.5. The van der Waals surface area contributed by atoms with Gasteiger partial charge in [-0.3, -0.25) is 0 Å². The van der Waals surface area contributed by atoms with Crippen LogP contribution in [0.1, 0.15) is 5.56 Å². The van der Waals surface area contributed by atoms with Crippen LogP contribution in [0.2, 0.25) is 5.02 Å². The van der Waals surface area contributed by atoms with E-state index in [2.05, 4.69) is 0 Å². The Hall–Kier alpha value is -0.660.